The summed E-state index contributed by atoms with van der Waals surface area (Å²) in [5.41, 5.74) is 3.06. The summed E-state index contributed by atoms with van der Waals surface area (Å²) in [7, 11) is 0. The molecule has 1 aliphatic rings. The number of amides is 2. The molecule has 2 atom stereocenters. The SMILES string of the molecule is Cc1onc(-c2c(F)cccc2Cl)c1C(=O)N[C@H]1CCC(CNC(=O)c2ccc(-c3ccccc3)cc2)C1. The van der Waals surface area contributed by atoms with Crippen molar-refractivity contribution in [1.82, 2.24) is 15.8 Å². The zero-order chi connectivity index (χ0) is 26.6. The lowest BCUT2D eigenvalue weighted by molar-refractivity contribution is 0.0926. The van der Waals surface area contributed by atoms with E-state index in [0.29, 0.717) is 12.1 Å². The molecule has 0 spiro atoms. The molecular weight excluding hydrogens is 505 g/mol. The molecule has 1 saturated carbocycles. The van der Waals surface area contributed by atoms with Gasteiger partial charge in [0.2, 0.25) is 0 Å². The molecule has 38 heavy (non-hydrogen) atoms. The second-order valence-electron chi connectivity index (χ2n) is 9.56. The molecular formula is C30H27ClFN3O3. The molecule has 5 rings (SSSR count). The fourth-order valence-electron chi connectivity index (χ4n) is 4.97. The Balaban J connectivity index is 1.16. The van der Waals surface area contributed by atoms with Crippen LogP contribution in [-0.4, -0.2) is 29.6 Å². The fraction of sp³-hybridized carbons (Fsp3) is 0.233. The maximum Gasteiger partial charge on any atom is 0.257 e. The molecule has 0 aliphatic heterocycles. The largest absolute Gasteiger partial charge is 0.360 e. The van der Waals surface area contributed by atoms with Crippen LogP contribution in [0.15, 0.2) is 77.3 Å². The predicted molar refractivity (Wildman–Crippen MR) is 144 cm³/mol. The molecule has 4 aromatic rings. The summed E-state index contributed by atoms with van der Waals surface area (Å²) in [5.74, 6) is -0.560. The number of nitrogens with zero attached hydrogens (tertiary/aromatic N) is 1. The lowest BCUT2D eigenvalue weighted by Crippen LogP contribution is -2.34. The Morgan fingerprint density at radius 2 is 1.71 bits per heavy atom. The summed E-state index contributed by atoms with van der Waals surface area (Å²) in [6.07, 6.45) is 2.37. The van der Waals surface area contributed by atoms with Crippen LogP contribution in [0.1, 0.15) is 45.7 Å². The van der Waals surface area contributed by atoms with Crippen molar-refractivity contribution >= 4 is 23.4 Å². The number of aromatic nitrogens is 1. The molecule has 2 amide bonds. The van der Waals surface area contributed by atoms with Crippen molar-refractivity contribution in [3.8, 4) is 22.4 Å². The molecule has 0 bridgehead atoms. The molecule has 1 aromatic heterocycles. The van der Waals surface area contributed by atoms with Crippen molar-refractivity contribution in [3.05, 3.63) is 101 Å². The van der Waals surface area contributed by atoms with E-state index in [9.17, 15) is 14.0 Å². The number of nitrogens with one attached hydrogen (secondary N) is 2. The van der Waals surface area contributed by atoms with Gasteiger partial charge in [0.25, 0.3) is 11.8 Å². The Morgan fingerprint density at radius 3 is 2.45 bits per heavy atom. The Morgan fingerprint density at radius 1 is 0.974 bits per heavy atom. The number of hydrogen-bond donors (Lipinski definition) is 2. The molecule has 0 radical (unpaired) electrons. The third kappa shape index (κ3) is 5.48. The summed E-state index contributed by atoms with van der Waals surface area (Å²) in [6.45, 7) is 2.13. The van der Waals surface area contributed by atoms with Gasteiger partial charge in [0.1, 0.15) is 22.8 Å². The molecule has 3 aromatic carbocycles. The van der Waals surface area contributed by atoms with Gasteiger partial charge in [0, 0.05) is 18.2 Å². The molecule has 1 unspecified atom stereocenters. The first-order valence-electron chi connectivity index (χ1n) is 12.6. The van der Waals surface area contributed by atoms with Gasteiger partial charge in [-0.3, -0.25) is 9.59 Å². The van der Waals surface area contributed by atoms with Crippen LogP contribution in [0.3, 0.4) is 0 Å². The smallest absolute Gasteiger partial charge is 0.257 e. The van der Waals surface area contributed by atoms with E-state index in [1.54, 1.807) is 13.0 Å². The minimum Gasteiger partial charge on any atom is -0.360 e. The van der Waals surface area contributed by atoms with E-state index < -0.39 is 5.82 Å². The van der Waals surface area contributed by atoms with E-state index >= 15 is 0 Å². The average molecular weight is 532 g/mol. The minimum atomic E-state index is -0.578. The van der Waals surface area contributed by atoms with Gasteiger partial charge in [-0.1, -0.05) is 65.3 Å². The lowest BCUT2D eigenvalue weighted by atomic mass is 10.0. The van der Waals surface area contributed by atoms with Crippen LogP contribution in [-0.2, 0) is 0 Å². The zero-order valence-corrected chi connectivity index (χ0v) is 21.6. The van der Waals surface area contributed by atoms with Crippen molar-refractivity contribution in [1.29, 1.82) is 0 Å². The number of rotatable bonds is 7. The molecule has 194 valence electrons. The van der Waals surface area contributed by atoms with Gasteiger partial charge >= 0.3 is 0 Å². The number of carbonyl (C=O) groups is 2. The van der Waals surface area contributed by atoms with Crippen molar-refractivity contribution in [2.75, 3.05) is 6.54 Å². The highest BCUT2D eigenvalue weighted by Gasteiger charge is 2.30. The summed E-state index contributed by atoms with van der Waals surface area (Å²) in [6, 6.07) is 21.8. The van der Waals surface area contributed by atoms with Gasteiger partial charge in [-0.25, -0.2) is 4.39 Å². The average Bonchev–Trinajstić information content (AvgIpc) is 3.54. The van der Waals surface area contributed by atoms with Crippen LogP contribution >= 0.6 is 11.6 Å². The van der Waals surface area contributed by atoms with Crippen LogP contribution in [0.5, 0.6) is 0 Å². The molecule has 1 heterocycles. The highest BCUT2D eigenvalue weighted by atomic mass is 35.5. The van der Waals surface area contributed by atoms with Gasteiger partial charge in [-0.15, -0.1) is 0 Å². The van der Waals surface area contributed by atoms with Crippen LogP contribution < -0.4 is 10.6 Å². The third-order valence-corrected chi connectivity index (χ3v) is 7.29. The third-order valence-electron chi connectivity index (χ3n) is 6.97. The summed E-state index contributed by atoms with van der Waals surface area (Å²) in [5, 5.41) is 10.1. The molecule has 6 nitrogen and oxygen atoms in total. The molecule has 1 aliphatic carbocycles. The van der Waals surface area contributed by atoms with E-state index in [0.717, 1.165) is 30.4 Å². The molecule has 2 N–H and O–H groups in total. The van der Waals surface area contributed by atoms with Gasteiger partial charge in [-0.2, -0.15) is 0 Å². The summed E-state index contributed by atoms with van der Waals surface area (Å²) in [4.78, 5) is 25.8. The van der Waals surface area contributed by atoms with Crippen molar-refractivity contribution in [3.63, 3.8) is 0 Å². The monoisotopic (exact) mass is 531 g/mol. The van der Waals surface area contributed by atoms with Crippen molar-refractivity contribution < 1.29 is 18.5 Å². The Labute approximate surface area is 225 Å². The first kappa shape index (κ1) is 25.7. The van der Waals surface area contributed by atoms with Crippen molar-refractivity contribution in [2.45, 2.75) is 32.2 Å². The highest BCUT2D eigenvalue weighted by Crippen LogP contribution is 2.34. The zero-order valence-electron chi connectivity index (χ0n) is 20.8. The topological polar surface area (TPSA) is 84.2 Å². The number of hydrogen-bond acceptors (Lipinski definition) is 4. The summed E-state index contributed by atoms with van der Waals surface area (Å²) < 4.78 is 19.7. The van der Waals surface area contributed by atoms with E-state index in [4.69, 9.17) is 16.1 Å². The normalized spacial score (nSPS) is 16.8. The molecule has 0 saturated heterocycles. The highest BCUT2D eigenvalue weighted by molar-refractivity contribution is 6.33. The molecule has 1 fully saturated rings. The second kappa shape index (κ2) is 11.2. The van der Waals surface area contributed by atoms with Gasteiger partial charge in [-0.05, 0) is 67.5 Å². The van der Waals surface area contributed by atoms with Crippen LogP contribution in [0.25, 0.3) is 22.4 Å². The fourth-order valence-corrected chi connectivity index (χ4v) is 5.22. The number of aryl methyl sites for hydroxylation is 1. The number of carbonyl (C=O) groups excluding carboxylic acids is 2. The van der Waals surface area contributed by atoms with E-state index in [-0.39, 0.29) is 51.4 Å². The maximum absolute atomic E-state index is 14.5. The lowest BCUT2D eigenvalue weighted by Gasteiger charge is -2.15. The Kier molecular flexibility index (Phi) is 7.56. The van der Waals surface area contributed by atoms with Gasteiger partial charge < -0.3 is 15.2 Å². The first-order chi connectivity index (χ1) is 18.4. The van der Waals surface area contributed by atoms with Crippen LogP contribution in [0.4, 0.5) is 4.39 Å². The van der Waals surface area contributed by atoms with Crippen LogP contribution in [0, 0.1) is 18.7 Å². The Hall–Kier alpha value is -3.97. The van der Waals surface area contributed by atoms with E-state index in [2.05, 4.69) is 15.8 Å². The van der Waals surface area contributed by atoms with Crippen molar-refractivity contribution in [2.24, 2.45) is 5.92 Å². The van der Waals surface area contributed by atoms with Gasteiger partial charge in [0.15, 0.2) is 0 Å². The summed E-state index contributed by atoms with van der Waals surface area (Å²) >= 11 is 6.19. The predicted octanol–water partition coefficient (Wildman–Crippen LogP) is 6.44. The quantitative estimate of drug-likeness (QED) is 0.287. The van der Waals surface area contributed by atoms with E-state index in [1.165, 1.54) is 12.1 Å². The Bertz CT molecular complexity index is 1430. The number of benzene rings is 3. The van der Waals surface area contributed by atoms with Gasteiger partial charge in [0.05, 0.1) is 10.6 Å². The maximum atomic E-state index is 14.5. The molecule has 8 heteroatoms. The standard InChI is InChI=1S/C30H27ClFN3O3/c1-18-26(28(35-38-18)27-24(31)8-5-9-25(27)32)30(37)34-23-15-10-19(16-23)17-33-29(36)22-13-11-21(12-14-22)20-6-3-2-4-7-20/h2-9,11-14,19,23H,10,15-17H2,1H3,(H,33,36)(H,34,37)/t19?,23-/m0/s1. The van der Waals surface area contributed by atoms with Crippen LogP contribution in [0.2, 0.25) is 5.02 Å². The first-order valence-corrected chi connectivity index (χ1v) is 12.9. The second-order valence-corrected chi connectivity index (χ2v) is 9.97. The minimum absolute atomic E-state index is 0.0416. The van der Waals surface area contributed by atoms with E-state index in [1.807, 2.05) is 54.6 Å². The number of halogens is 2.